The molecule has 0 aromatic carbocycles. The molecule has 0 atom stereocenters. The lowest BCUT2D eigenvalue weighted by Gasteiger charge is -2.13. The summed E-state index contributed by atoms with van der Waals surface area (Å²) in [5, 5.41) is 9.34. The van der Waals surface area contributed by atoms with Crippen molar-refractivity contribution in [1.29, 1.82) is 0 Å². The summed E-state index contributed by atoms with van der Waals surface area (Å²) in [5.74, 6) is -0.720. The Morgan fingerprint density at radius 3 is 2.50 bits per heavy atom. The summed E-state index contributed by atoms with van der Waals surface area (Å²) in [5.41, 5.74) is 1.40. The van der Waals surface area contributed by atoms with Crippen LogP contribution >= 0.6 is 0 Å². The molecule has 1 aromatic rings. The molecule has 0 saturated carbocycles. The second-order valence-corrected chi connectivity index (χ2v) is 3.71. The van der Waals surface area contributed by atoms with Gasteiger partial charge in [-0.3, -0.25) is 14.6 Å². The van der Waals surface area contributed by atoms with E-state index in [2.05, 4.69) is 4.98 Å². The van der Waals surface area contributed by atoms with Crippen LogP contribution in [0, 0.1) is 6.92 Å². The van der Waals surface area contributed by atoms with Crippen molar-refractivity contribution in [3.8, 4) is 5.75 Å². The quantitative estimate of drug-likeness (QED) is 0.801. The molecule has 0 radical (unpaired) electrons. The van der Waals surface area contributed by atoms with Crippen LogP contribution < -0.4 is 4.74 Å². The number of ether oxygens (including phenoxy) is 2. The minimum Gasteiger partial charge on any atom is -0.461 e. The molecule has 0 spiro atoms. The topological polar surface area (TPSA) is 85.7 Å². The molecule has 1 heterocycles. The lowest BCUT2D eigenvalue weighted by Crippen LogP contribution is -2.10. The Morgan fingerprint density at radius 1 is 1.33 bits per heavy atom. The van der Waals surface area contributed by atoms with Crippen LogP contribution in [0.2, 0.25) is 0 Å². The zero-order valence-electron chi connectivity index (χ0n) is 10.5. The van der Waals surface area contributed by atoms with E-state index < -0.39 is 11.9 Å². The van der Waals surface area contributed by atoms with Gasteiger partial charge < -0.3 is 14.6 Å². The predicted octanol–water partition coefficient (Wildman–Crippen LogP) is 0.871. The number of hydrogen-bond donors (Lipinski definition) is 1. The van der Waals surface area contributed by atoms with Crippen LogP contribution in [0.4, 0.5) is 0 Å². The van der Waals surface area contributed by atoms with Crippen LogP contribution in [-0.2, 0) is 27.5 Å². The number of esters is 2. The number of aromatic nitrogens is 1. The van der Waals surface area contributed by atoms with E-state index in [0.29, 0.717) is 16.8 Å². The minimum atomic E-state index is -0.501. The van der Waals surface area contributed by atoms with Crippen molar-refractivity contribution in [2.24, 2.45) is 0 Å². The average molecular weight is 253 g/mol. The number of carbonyl (C=O) groups excluding carboxylic acids is 2. The van der Waals surface area contributed by atoms with Crippen molar-refractivity contribution >= 4 is 11.9 Å². The monoisotopic (exact) mass is 253 g/mol. The highest BCUT2D eigenvalue weighted by atomic mass is 16.5. The molecule has 0 aliphatic carbocycles. The molecule has 0 saturated heterocycles. The van der Waals surface area contributed by atoms with Gasteiger partial charge in [0.05, 0.1) is 12.3 Å². The van der Waals surface area contributed by atoms with Crippen LogP contribution in [0.15, 0.2) is 6.20 Å². The summed E-state index contributed by atoms with van der Waals surface area (Å²) in [7, 11) is 0. The van der Waals surface area contributed by atoms with Crippen molar-refractivity contribution in [3.63, 3.8) is 0 Å². The van der Waals surface area contributed by atoms with E-state index in [0.717, 1.165) is 0 Å². The van der Waals surface area contributed by atoms with Gasteiger partial charge in [0.15, 0.2) is 5.75 Å². The summed E-state index contributed by atoms with van der Waals surface area (Å²) >= 11 is 0. The number of aryl methyl sites for hydroxylation is 1. The molecule has 0 aliphatic heterocycles. The van der Waals surface area contributed by atoms with E-state index in [9.17, 15) is 14.7 Å². The smallest absolute Gasteiger partial charge is 0.308 e. The molecule has 1 rings (SSSR count). The Balaban J connectivity index is 3.11. The van der Waals surface area contributed by atoms with Gasteiger partial charge in [-0.15, -0.1) is 0 Å². The van der Waals surface area contributed by atoms with Gasteiger partial charge in [-0.1, -0.05) is 0 Å². The first-order valence-electron chi connectivity index (χ1n) is 5.35. The Kier molecular flexibility index (Phi) is 4.79. The maximum atomic E-state index is 11.0. The highest BCUT2D eigenvalue weighted by Crippen LogP contribution is 2.26. The van der Waals surface area contributed by atoms with Crippen LogP contribution in [0.1, 0.15) is 30.7 Å². The summed E-state index contributed by atoms with van der Waals surface area (Å²) in [6.07, 6.45) is 1.48. The van der Waals surface area contributed by atoms with Crippen LogP contribution in [0.3, 0.4) is 0 Å². The first-order chi connectivity index (χ1) is 8.45. The average Bonchev–Trinajstić information content (AvgIpc) is 2.29. The number of carbonyl (C=O) groups is 2. The molecule has 0 fully saturated rings. The highest BCUT2D eigenvalue weighted by Gasteiger charge is 2.15. The predicted molar refractivity (Wildman–Crippen MR) is 61.7 cm³/mol. The van der Waals surface area contributed by atoms with Crippen LogP contribution in [0.25, 0.3) is 0 Å². The molecule has 6 nitrogen and oxygen atoms in total. The zero-order valence-corrected chi connectivity index (χ0v) is 10.5. The van der Waals surface area contributed by atoms with Gasteiger partial charge in [-0.05, 0) is 6.92 Å². The largest absolute Gasteiger partial charge is 0.461 e. The molecule has 0 bridgehead atoms. The number of aliphatic hydroxyl groups excluding tert-OH is 1. The third kappa shape index (κ3) is 3.53. The van der Waals surface area contributed by atoms with E-state index >= 15 is 0 Å². The van der Waals surface area contributed by atoms with Gasteiger partial charge in [0, 0.05) is 31.2 Å². The highest BCUT2D eigenvalue weighted by molar-refractivity contribution is 5.70. The fourth-order valence-electron chi connectivity index (χ4n) is 1.43. The third-order valence-corrected chi connectivity index (χ3v) is 2.24. The molecule has 98 valence electrons. The summed E-state index contributed by atoms with van der Waals surface area (Å²) in [6, 6.07) is 0. The van der Waals surface area contributed by atoms with Crippen molar-refractivity contribution < 1.29 is 24.2 Å². The molecular formula is C12H15NO5. The lowest BCUT2D eigenvalue weighted by atomic mass is 10.1. The van der Waals surface area contributed by atoms with E-state index in [-0.39, 0.29) is 19.0 Å². The van der Waals surface area contributed by atoms with Gasteiger partial charge in [-0.25, -0.2) is 0 Å². The van der Waals surface area contributed by atoms with E-state index in [1.54, 1.807) is 6.92 Å². The fraction of sp³-hybridized carbons (Fsp3) is 0.417. The molecule has 0 aliphatic rings. The first kappa shape index (κ1) is 14.1. The summed E-state index contributed by atoms with van der Waals surface area (Å²) in [6.45, 7) is 3.86. The van der Waals surface area contributed by atoms with Crippen molar-refractivity contribution in [3.05, 3.63) is 23.0 Å². The molecule has 6 heteroatoms. The Bertz CT molecular complexity index is 470. The van der Waals surface area contributed by atoms with Crippen molar-refractivity contribution in [2.75, 3.05) is 0 Å². The zero-order chi connectivity index (χ0) is 13.7. The maximum Gasteiger partial charge on any atom is 0.308 e. The second kappa shape index (κ2) is 6.11. The molecule has 1 aromatic heterocycles. The Hall–Kier alpha value is -1.95. The molecule has 1 N–H and O–H groups in total. The first-order valence-corrected chi connectivity index (χ1v) is 5.35. The molecule has 0 unspecified atom stereocenters. The lowest BCUT2D eigenvalue weighted by molar-refractivity contribution is -0.142. The maximum absolute atomic E-state index is 11.0. The van der Waals surface area contributed by atoms with Gasteiger partial charge in [-0.2, -0.15) is 0 Å². The van der Waals surface area contributed by atoms with Gasteiger partial charge >= 0.3 is 11.9 Å². The van der Waals surface area contributed by atoms with Gasteiger partial charge in [0.25, 0.3) is 0 Å². The van der Waals surface area contributed by atoms with E-state index in [4.69, 9.17) is 9.47 Å². The number of pyridine rings is 1. The molecular weight excluding hydrogens is 238 g/mol. The van der Waals surface area contributed by atoms with Gasteiger partial charge in [0.1, 0.15) is 6.61 Å². The molecule has 0 amide bonds. The van der Waals surface area contributed by atoms with Gasteiger partial charge in [0.2, 0.25) is 0 Å². The fourth-order valence-corrected chi connectivity index (χ4v) is 1.43. The number of nitrogens with zero attached hydrogens (tertiary/aromatic N) is 1. The third-order valence-electron chi connectivity index (χ3n) is 2.24. The summed E-state index contributed by atoms with van der Waals surface area (Å²) in [4.78, 5) is 25.8. The standard InChI is InChI=1S/C12H15NO5/c1-7-12(18-9(3)16)11(5-14)10(4-13-7)6-17-8(2)15/h4,14H,5-6H2,1-3H3. The minimum absolute atomic E-state index is 0.0211. The number of aliphatic hydroxyl groups is 1. The number of rotatable bonds is 4. The van der Waals surface area contributed by atoms with Crippen molar-refractivity contribution in [2.45, 2.75) is 34.0 Å². The van der Waals surface area contributed by atoms with E-state index in [1.807, 2.05) is 0 Å². The second-order valence-electron chi connectivity index (χ2n) is 3.71. The van der Waals surface area contributed by atoms with E-state index in [1.165, 1.54) is 20.0 Å². The summed E-state index contributed by atoms with van der Waals surface area (Å²) < 4.78 is 9.85. The normalized spacial score (nSPS) is 10.0. The van der Waals surface area contributed by atoms with Crippen LogP contribution in [-0.4, -0.2) is 22.0 Å². The van der Waals surface area contributed by atoms with Crippen molar-refractivity contribution in [1.82, 2.24) is 4.98 Å². The Morgan fingerprint density at radius 2 is 2.00 bits per heavy atom. The SMILES string of the molecule is CC(=O)OCc1cnc(C)c(OC(C)=O)c1CO. The van der Waals surface area contributed by atoms with Crippen LogP contribution in [0.5, 0.6) is 5.75 Å². The Labute approximate surface area is 105 Å². The molecule has 18 heavy (non-hydrogen) atoms. The number of hydrogen-bond acceptors (Lipinski definition) is 6.